The first kappa shape index (κ1) is 22.3. The van der Waals surface area contributed by atoms with Gasteiger partial charge in [0.15, 0.2) is 0 Å². The third-order valence-electron chi connectivity index (χ3n) is 4.87. The average Bonchev–Trinajstić information content (AvgIpc) is 3.31. The number of benzene rings is 2. The summed E-state index contributed by atoms with van der Waals surface area (Å²) < 4.78 is 21.2. The smallest absolute Gasteiger partial charge is 0.333 e. The summed E-state index contributed by atoms with van der Waals surface area (Å²) in [7, 11) is 0. The molecule has 7 nitrogen and oxygen atoms in total. The van der Waals surface area contributed by atoms with Crippen molar-refractivity contribution in [1.82, 2.24) is 9.13 Å². The van der Waals surface area contributed by atoms with E-state index in [1.807, 2.05) is 24.3 Å². The molecule has 0 aliphatic carbocycles. The Hall–Kier alpha value is -2.88. The fourth-order valence-electron chi connectivity index (χ4n) is 3.34. The van der Waals surface area contributed by atoms with Gasteiger partial charge in [-0.05, 0) is 49.2 Å². The number of rotatable bonds is 6. The van der Waals surface area contributed by atoms with Crippen molar-refractivity contribution in [3.63, 3.8) is 0 Å². The van der Waals surface area contributed by atoms with Crippen LogP contribution in [0.3, 0.4) is 0 Å². The summed E-state index contributed by atoms with van der Waals surface area (Å²) in [5.74, 6) is -1.75. The minimum Gasteiger partial charge on any atom is -0.358 e. The van der Waals surface area contributed by atoms with Crippen LogP contribution in [0.25, 0.3) is 0 Å². The molecule has 166 valence electrons. The highest BCUT2D eigenvalue weighted by molar-refractivity contribution is 7.99. The van der Waals surface area contributed by atoms with Crippen molar-refractivity contribution in [3.05, 3.63) is 86.4 Å². The van der Waals surface area contributed by atoms with Gasteiger partial charge in [0.05, 0.1) is 11.9 Å². The molecule has 1 atom stereocenters. The van der Waals surface area contributed by atoms with Gasteiger partial charge >= 0.3 is 5.69 Å². The Labute approximate surface area is 191 Å². The molecule has 3 aromatic rings. The third kappa shape index (κ3) is 4.95. The quantitative estimate of drug-likeness (QED) is 0.584. The number of hydrogen-bond donors (Lipinski definition) is 1. The second-order valence-electron chi connectivity index (χ2n) is 7.13. The fraction of sp³-hybridized carbons (Fsp3) is 0.227. The first-order valence-electron chi connectivity index (χ1n) is 9.88. The summed E-state index contributed by atoms with van der Waals surface area (Å²) >= 11 is 7.34. The molecule has 0 radical (unpaired) electrons. The number of carbonyl (C=O) groups excluding carboxylic acids is 1. The van der Waals surface area contributed by atoms with Crippen molar-refractivity contribution >= 4 is 35.0 Å². The molecule has 2 heterocycles. The molecule has 0 saturated carbocycles. The van der Waals surface area contributed by atoms with Crippen LogP contribution < -0.4 is 16.6 Å². The molecule has 0 bridgehead atoms. The zero-order chi connectivity index (χ0) is 22.7. The first-order chi connectivity index (χ1) is 15.4. The number of ether oxygens (including phenoxy) is 1. The van der Waals surface area contributed by atoms with Crippen molar-refractivity contribution in [2.75, 3.05) is 11.9 Å². The topological polar surface area (TPSA) is 82.3 Å². The maximum atomic E-state index is 14.2. The molecule has 0 unspecified atom stereocenters. The summed E-state index contributed by atoms with van der Waals surface area (Å²) in [4.78, 5) is 39.3. The Morgan fingerprint density at radius 1 is 1.19 bits per heavy atom. The van der Waals surface area contributed by atoms with Crippen LogP contribution in [-0.2, 0) is 16.1 Å². The molecule has 1 amide bonds. The number of aromatic nitrogens is 2. The molecule has 0 spiro atoms. The normalized spacial score (nSPS) is 15.6. The van der Waals surface area contributed by atoms with E-state index in [4.69, 9.17) is 16.3 Å². The van der Waals surface area contributed by atoms with E-state index in [9.17, 15) is 18.8 Å². The molecule has 1 N–H and O–H groups in total. The molecule has 32 heavy (non-hydrogen) atoms. The van der Waals surface area contributed by atoms with E-state index in [-0.39, 0.29) is 0 Å². The SMILES string of the molecule is O=C(Cn1c(=O)c(F)cn([C@H]2CCCO2)c1=O)Nc1ccccc1Sc1ccc(Cl)cc1. The van der Waals surface area contributed by atoms with Gasteiger partial charge in [0.2, 0.25) is 11.7 Å². The number of hydrogen-bond acceptors (Lipinski definition) is 5. The minimum absolute atomic E-state index is 0.445. The van der Waals surface area contributed by atoms with Crippen LogP contribution in [0.5, 0.6) is 0 Å². The van der Waals surface area contributed by atoms with Gasteiger partial charge in [-0.1, -0.05) is 35.5 Å². The van der Waals surface area contributed by atoms with Crippen molar-refractivity contribution in [2.24, 2.45) is 0 Å². The molecule has 1 aliphatic heterocycles. The van der Waals surface area contributed by atoms with Crippen LogP contribution in [0.2, 0.25) is 5.02 Å². The minimum atomic E-state index is -1.15. The van der Waals surface area contributed by atoms with Gasteiger partial charge in [-0.15, -0.1) is 0 Å². The monoisotopic (exact) mass is 475 g/mol. The number of carbonyl (C=O) groups is 1. The maximum absolute atomic E-state index is 14.2. The van der Waals surface area contributed by atoms with E-state index in [2.05, 4.69) is 5.32 Å². The number of nitrogens with zero attached hydrogens (tertiary/aromatic N) is 2. The fourth-order valence-corrected chi connectivity index (χ4v) is 4.36. The van der Waals surface area contributed by atoms with Crippen molar-refractivity contribution in [2.45, 2.75) is 35.4 Å². The van der Waals surface area contributed by atoms with Crippen LogP contribution in [0, 0.1) is 5.82 Å². The lowest BCUT2D eigenvalue weighted by Crippen LogP contribution is -2.44. The highest BCUT2D eigenvalue weighted by Crippen LogP contribution is 2.33. The van der Waals surface area contributed by atoms with Crippen LogP contribution in [0.1, 0.15) is 19.1 Å². The van der Waals surface area contributed by atoms with Gasteiger partial charge < -0.3 is 10.1 Å². The Morgan fingerprint density at radius 3 is 2.66 bits per heavy atom. The molecule has 1 aliphatic rings. The highest BCUT2D eigenvalue weighted by atomic mass is 35.5. The van der Waals surface area contributed by atoms with E-state index in [0.29, 0.717) is 28.3 Å². The van der Waals surface area contributed by atoms with E-state index in [1.165, 1.54) is 11.8 Å². The maximum Gasteiger partial charge on any atom is 0.333 e. The van der Waals surface area contributed by atoms with E-state index in [1.54, 1.807) is 24.3 Å². The van der Waals surface area contributed by atoms with E-state index in [0.717, 1.165) is 27.0 Å². The van der Waals surface area contributed by atoms with Gasteiger partial charge in [-0.2, -0.15) is 4.39 Å². The summed E-state index contributed by atoms with van der Waals surface area (Å²) in [5.41, 5.74) is -1.44. The lowest BCUT2D eigenvalue weighted by Gasteiger charge is -2.16. The largest absolute Gasteiger partial charge is 0.358 e. The van der Waals surface area contributed by atoms with Crippen LogP contribution in [0.15, 0.2) is 74.1 Å². The van der Waals surface area contributed by atoms with Crippen LogP contribution in [0.4, 0.5) is 10.1 Å². The van der Waals surface area contributed by atoms with E-state index < -0.39 is 35.7 Å². The molecular weight excluding hydrogens is 457 g/mol. The first-order valence-corrected chi connectivity index (χ1v) is 11.1. The lowest BCUT2D eigenvalue weighted by molar-refractivity contribution is -0.116. The van der Waals surface area contributed by atoms with Crippen molar-refractivity contribution in [3.8, 4) is 0 Å². The van der Waals surface area contributed by atoms with E-state index >= 15 is 0 Å². The standard InChI is InChI=1S/C22H19ClFN3O4S/c23-14-7-9-15(10-8-14)32-18-5-2-1-4-17(18)25-19(28)13-27-21(29)16(24)12-26(22(27)30)20-6-3-11-31-20/h1-2,4-5,7-10,12,20H,3,6,11,13H2,(H,25,28)/t20-/m1/s1. The predicted octanol–water partition coefficient (Wildman–Crippen LogP) is 3.90. The highest BCUT2D eigenvalue weighted by Gasteiger charge is 2.23. The number of para-hydroxylation sites is 1. The number of nitrogens with one attached hydrogen (secondary N) is 1. The summed E-state index contributed by atoms with van der Waals surface area (Å²) in [5, 5.41) is 3.32. The molecule has 1 aromatic heterocycles. The van der Waals surface area contributed by atoms with Gasteiger partial charge in [-0.25, -0.2) is 9.36 Å². The van der Waals surface area contributed by atoms with Gasteiger partial charge in [0, 0.05) is 21.4 Å². The summed E-state index contributed by atoms with van der Waals surface area (Å²) in [6, 6.07) is 14.3. The molecule has 10 heteroatoms. The molecule has 4 rings (SSSR count). The second kappa shape index (κ2) is 9.72. The zero-order valence-corrected chi connectivity index (χ0v) is 18.4. The molecule has 1 fully saturated rings. The predicted molar refractivity (Wildman–Crippen MR) is 120 cm³/mol. The van der Waals surface area contributed by atoms with Gasteiger partial charge in [0.25, 0.3) is 5.56 Å². The molecule has 2 aromatic carbocycles. The zero-order valence-electron chi connectivity index (χ0n) is 16.8. The van der Waals surface area contributed by atoms with Gasteiger partial charge in [-0.3, -0.25) is 14.2 Å². The van der Waals surface area contributed by atoms with Crippen LogP contribution >= 0.6 is 23.4 Å². The van der Waals surface area contributed by atoms with Crippen LogP contribution in [-0.4, -0.2) is 21.6 Å². The average molecular weight is 476 g/mol. The lowest BCUT2D eigenvalue weighted by atomic mass is 10.3. The summed E-state index contributed by atoms with van der Waals surface area (Å²) in [6.45, 7) is -0.178. The second-order valence-corrected chi connectivity index (χ2v) is 8.68. The number of anilines is 1. The summed E-state index contributed by atoms with van der Waals surface area (Å²) in [6.07, 6.45) is 1.44. The Balaban J connectivity index is 1.55. The molecular formula is C22H19ClFN3O4S. The Morgan fingerprint density at radius 2 is 1.94 bits per heavy atom. The number of halogens is 2. The third-order valence-corrected chi connectivity index (χ3v) is 6.21. The Kier molecular flexibility index (Phi) is 6.78. The Bertz CT molecular complexity index is 1250. The number of amides is 1. The van der Waals surface area contributed by atoms with Crippen molar-refractivity contribution in [1.29, 1.82) is 0 Å². The van der Waals surface area contributed by atoms with Gasteiger partial charge in [0.1, 0.15) is 12.8 Å². The van der Waals surface area contributed by atoms with Crippen molar-refractivity contribution < 1.29 is 13.9 Å². The molecule has 1 saturated heterocycles.